The standard InChI is InChI=1S/C49H31N5/c1-2-15-32(16-3-1)34-29-30-39-38-22-6-10-25-42(38)53(46(39)31-34)45-28-13-9-23-41(45)48-50-47(40-24-14-18-33-17-4-5-19-35(33)40)51-49(52-48)54-43-26-11-7-20-36(43)37-21-8-12-27-44(37)54/h1-31H. The van der Waals surface area contributed by atoms with Gasteiger partial charge in [-0.3, -0.25) is 4.57 Å². The highest BCUT2D eigenvalue weighted by Crippen LogP contribution is 2.39. The van der Waals surface area contributed by atoms with E-state index in [1.165, 1.54) is 16.3 Å². The minimum absolute atomic E-state index is 0.573. The van der Waals surface area contributed by atoms with Crippen molar-refractivity contribution in [2.24, 2.45) is 0 Å². The first-order chi connectivity index (χ1) is 26.8. The molecule has 0 aliphatic heterocycles. The van der Waals surface area contributed by atoms with Crippen molar-refractivity contribution in [2.75, 3.05) is 0 Å². The molecule has 11 aromatic rings. The molecule has 0 saturated heterocycles. The van der Waals surface area contributed by atoms with Crippen molar-refractivity contribution in [3.63, 3.8) is 0 Å². The van der Waals surface area contributed by atoms with Crippen molar-refractivity contribution in [1.29, 1.82) is 0 Å². The van der Waals surface area contributed by atoms with E-state index in [-0.39, 0.29) is 0 Å². The number of aromatic nitrogens is 5. The Kier molecular flexibility index (Phi) is 6.79. The van der Waals surface area contributed by atoms with E-state index in [1.807, 2.05) is 0 Å². The van der Waals surface area contributed by atoms with Gasteiger partial charge in [0.2, 0.25) is 5.95 Å². The molecule has 54 heavy (non-hydrogen) atoms. The van der Waals surface area contributed by atoms with Gasteiger partial charge in [0, 0.05) is 32.7 Å². The Morgan fingerprint density at radius 3 is 1.56 bits per heavy atom. The van der Waals surface area contributed by atoms with Crippen LogP contribution in [0.5, 0.6) is 0 Å². The summed E-state index contributed by atoms with van der Waals surface area (Å²) in [6.45, 7) is 0. The summed E-state index contributed by atoms with van der Waals surface area (Å²) in [5.74, 6) is 1.80. The summed E-state index contributed by atoms with van der Waals surface area (Å²) in [5, 5.41) is 6.92. The molecule has 5 heteroatoms. The third kappa shape index (κ3) is 4.69. The highest BCUT2D eigenvalue weighted by molar-refractivity contribution is 6.11. The van der Waals surface area contributed by atoms with E-state index in [0.29, 0.717) is 17.6 Å². The average molecular weight is 690 g/mol. The van der Waals surface area contributed by atoms with Crippen molar-refractivity contribution in [1.82, 2.24) is 24.1 Å². The zero-order chi connectivity index (χ0) is 35.6. The molecular weight excluding hydrogens is 659 g/mol. The molecule has 8 aromatic carbocycles. The van der Waals surface area contributed by atoms with Crippen molar-refractivity contribution in [2.45, 2.75) is 0 Å². The molecule has 11 rings (SSSR count). The van der Waals surface area contributed by atoms with Gasteiger partial charge in [-0.1, -0.05) is 152 Å². The van der Waals surface area contributed by atoms with Crippen LogP contribution in [-0.2, 0) is 0 Å². The lowest BCUT2D eigenvalue weighted by atomic mass is 10.0. The van der Waals surface area contributed by atoms with Gasteiger partial charge in [0.25, 0.3) is 0 Å². The zero-order valence-corrected chi connectivity index (χ0v) is 29.1. The molecule has 0 amide bonds. The highest BCUT2D eigenvalue weighted by atomic mass is 15.2. The maximum Gasteiger partial charge on any atom is 0.238 e. The summed E-state index contributed by atoms with van der Waals surface area (Å²) < 4.78 is 4.55. The van der Waals surface area contributed by atoms with E-state index in [0.717, 1.165) is 66.0 Å². The first kappa shape index (κ1) is 30.3. The minimum Gasteiger partial charge on any atom is -0.308 e. The lowest BCUT2D eigenvalue weighted by Gasteiger charge is -2.16. The molecule has 0 spiro atoms. The van der Waals surface area contributed by atoms with Gasteiger partial charge in [-0.25, -0.2) is 4.98 Å². The maximum atomic E-state index is 5.38. The summed E-state index contributed by atoms with van der Waals surface area (Å²) in [7, 11) is 0. The van der Waals surface area contributed by atoms with Crippen LogP contribution in [0.4, 0.5) is 0 Å². The first-order valence-corrected chi connectivity index (χ1v) is 18.2. The van der Waals surface area contributed by atoms with Crippen LogP contribution in [0.15, 0.2) is 188 Å². The van der Waals surface area contributed by atoms with E-state index >= 15 is 0 Å². The molecule has 0 radical (unpaired) electrons. The van der Waals surface area contributed by atoms with Gasteiger partial charge >= 0.3 is 0 Å². The number of rotatable bonds is 5. The van der Waals surface area contributed by atoms with Crippen LogP contribution in [0.3, 0.4) is 0 Å². The fourth-order valence-corrected chi connectivity index (χ4v) is 8.16. The van der Waals surface area contributed by atoms with Gasteiger partial charge < -0.3 is 4.57 Å². The molecule has 252 valence electrons. The van der Waals surface area contributed by atoms with Crippen molar-refractivity contribution in [3.8, 4) is 45.5 Å². The molecule has 0 unspecified atom stereocenters. The van der Waals surface area contributed by atoms with Gasteiger partial charge in [-0.2, -0.15) is 9.97 Å². The van der Waals surface area contributed by atoms with E-state index in [4.69, 9.17) is 15.0 Å². The smallest absolute Gasteiger partial charge is 0.238 e. The minimum atomic E-state index is 0.573. The van der Waals surface area contributed by atoms with E-state index in [1.54, 1.807) is 0 Å². The van der Waals surface area contributed by atoms with Crippen LogP contribution in [0.2, 0.25) is 0 Å². The normalized spacial score (nSPS) is 11.7. The molecule has 0 fully saturated rings. The Hall–Kier alpha value is -7.37. The summed E-state index contributed by atoms with van der Waals surface area (Å²) in [4.78, 5) is 16.0. The summed E-state index contributed by atoms with van der Waals surface area (Å²) in [6.07, 6.45) is 0. The second kappa shape index (κ2) is 12.1. The SMILES string of the molecule is c1ccc(-c2ccc3c4ccccc4n(-c4ccccc4-c4nc(-c5cccc6ccccc56)nc(-n5c6ccccc6c6ccccc65)n4)c3c2)cc1. The van der Waals surface area contributed by atoms with Crippen LogP contribution < -0.4 is 0 Å². The molecule has 3 heterocycles. The van der Waals surface area contributed by atoms with Crippen LogP contribution >= 0.6 is 0 Å². The molecular formula is C49H31N5. The Bertz CT molecular complexity index is 3170. The van der Waals surface area contributed by atoms with Gasteiger partial charge in [-0.15, -0.1) is 0 Å². The van der Waals surface area contributed by atoms with Gasteiger partial charge in [0.1, 0.15) is 0 Å². The van der Waals surface area contributed by atoms with Crippen LogP contribution in [-0.4, -0.2) is 24.1 Å². The molecule has 0 atom stereocenters. The molecule has 3 aromatic heterocycles. The summed E-state index contributed by atoms with van der Waals surface area (Å²) in [6, 6.07) is 66.2. The maximum absolute atomic E-state index is 5.38. The second-order valence-electron chi connectivity index (χ2n) is 13.6. The van der Waals surface area contributed by atoms with Crippen LogP contribution in [0.25, 0.3) is 99.9 Å². The van der Waals surface area contributed by atoms with Crippen molar-refractivity contribution in [3.05, 3.63) is 188 Å². The van der Waals surface area contributed by atoms with Gasteiger partial charge in [-0.05, 0) is 58.3 Å². The summed E-state index contributed by atoms with van der Waals surface area (Å²) >= 11 is 0. The monoisotopic (exact) mass is 689 g/mol. The molecule has 0 aliphatic rings. The van der Waals surface area contributed by atoms with Crippen molar-refractivity contribution >= 4 is 54.4 Å². The topological polar surface area (TPSA) is 48.5 Å². The fraction of sp³-hybridized carbons (Fsp3) is 0. The molecule has 0 bridgehead atoms. The molecule has 5 nitrogen and oxygen atoms in total. The third-order valence-electron chi connectivity index (χ3n) is 10.6. The van der Waals surface area contributed by atoms with Crippen molar-refractivity contribution < 1.29 is 0 Å². The second-order valence-corrected chi connectivity index (χ2v) is 13.6. The predicted octanol–water partition coefficient (Wildman–Crippen LogP) is 12.2. The molecule has 0 aliphatic carbocycles. The van der Waals surface area contributed by atoms with E-state index in [9.17, 15) is 0 Å². The number of benzene rings is 8. The fourth-order valence-electron chi connectivity index (χ4n) is 8.16. The Morgan fingerprint density at radius 2 is 0.833 bits per heavy atom. The molecule has 0 N–H and O–H groups in total. The average Bonchev–Trinajstić information content (AvgIpc) is 3.76. The predicted molar refractivity (Wildman–Crippen MR) is 222 cm³/mol. The number of fused-ring (bicyclic) bond motifs is 7. The van der Waals surface area contributed by atoms with Crippen LogP contribution in [0.1, 0.15) is 0 Å². The third-order valence-corrected chi connectivity index (χ3v) is 10.6. The summed E-state index contributed by atoms with van der Waals surface area (Å²) in [5.41, 5.74) is 9.54. The van der Waals surface area contributed by atoms with E-state index in [2.05, 4.69) is 197 Å². The number of hydrogen-bond donors (Lipinski definition) is 0. The quantitative estimate of drug-likeness (QED) is 0.181. The first-order valence-electron chi connectivity index (χ1n) is 18.2. The van der Waals surface area contributed by atoms with Gasteiger partial charge in [0.05, 0.1) is 27.8 Å². The Morgan fingerprint density at radius 1 is 0.315 bits per heavy atom. The number of para-hydroxylation sites is 4. The largest absolute Gasteiger partial charge is 0.308 e. The number of nitrogens with zero attached hydrogens (tertiary/aromatic N) is 5. The van der Waals surface area contributed by atoms with E-state index < -0.39 is 0 Å². The zero-order valence-electron chi connectivity index (χ0n) is 29.1. The lowest BCUT2D eigenvalue weighted by molar-refractivity contribution is 0.952. The lowest BCUT2D eigenvalue weighted by Crippen LogP contribution is -2.08. The Labute approximate surface area is 311 Å². The number of hydrogen-bond acceptors (Lipinski definition) is 3. The van der Waals surface area contributed by atoms with Gasteiger partial charge in [0.15, 0.2) is 11.6 Å². The highest BCUT2D eigenvalue weighted by Gasteiger charge is 2.22. The van der Waals surface area contributed by atoms with Crippen LogP contribution in [0, 0.1) is 0 Å². The Balaban J connectivity index is 1.22. The molecule has 0 saturated carbocycles.